The van der Waals surface area contributed by atoms with Gasteiger partial charge in [0.05, 0.1) is 0 Å². The summed E-state index contributed by atoms with van der Waals surface area (Å²) in [6.07, 6.45) is 6.51. The summed E-state index contributed by atoms with van der Waals surface area (Å²) in [6, 6.07) is 15.4. The van der Waals surface area contributed by atoms with Gasteiger partial charge in [0.25, 0.3) is 0 Å². The molecule has 0 radical (unpaired) electrons. The summed E-state index contributed by atoms with van der Waals surface area (Å²) in [7, 11) is 0. The monoisotopic (exact) mass is 255 g/mol. The molecule has 0 aliphatic carbocycles. The van der Waals surface area contributed by atoms with Crippen molar-refractivity contribution in [2.75, 3.05) is 13.1 Å². The predicted molar refractivity (Wildman–Crippen MR) is 84.7 cm³/mol. The van der Waals surface area contributed by atoms with Crippen LogP contribution in [0.15, 0.2) is 42.5 Å². The van der Waals surface area contributed by atoms with Crippen molar-refractivity contribution in [1.29, 1.82) is 0 Å². The Morgan fingerprint density at radius 3 is 2.53 bits per heavy atom. The van der Waals surface area contributed by atoms with Gasteiger partial charge in [-0.05, 0) is 48.7 Å². The van der Waals surface area contributed by atoms with Crippen LogP contribution in [0.1, 0.15) is 38.2 Å². The van der Waals surface area contributed by atoms with Crippen molar-refractivity contribution in [3.63, 3.8) is 0 Å². The SMILES string of the molecule is CCNCCCCCCc1cccc2ccccc12. The highest BCUT2D eigenvalue weighted by Gasteiger charge is 1.99. The number of nitrogens with one attached hydrogen (secondary N) is 1. The zero-order chi connectivity index (χ0) is 13.3. The Morgan fingerprint density at radius 2 is 1.63 bits per heavy atom. The van der Waals surface area contributed by atoms with Crippen LogP contribution in [0, 0.1) is 0 Å². The van der Waals surface area contributed by atoms with E-state index in [9.17, 15) is 0 Å². The number of benzene rings is 2. The lowest BCUT2D eigenvalue weighted by Gasteiger charge is -2.06. The Labute approximate surface area is 117 Å². The normalized spacial score (nSPS) is 11.0. The van der Waals surface area contributed by atoms with Gasteiger partial charge >= 0.3 is 0 Å². The molecule has 0 aromatic heterocycles. The van der Waals surface area contributed by atoms with Crippen molar-refractivity contribution in [2.45, 2.75) is 39.0 Å². The van der Waals surface area contributed by atoms with E-state index in [-0.39, 0.29) is 0 Å². The van der Waals surface area contributed by atoms with Crippen LogP contribution in [0.3, 0.4) is 0 Å². The molecule has 0 amide bonds. The predicted octanol–water partition coefficient (Wildman–Crippen LogP) is 4.55. The van der Waals surface area contributed by atoms with E-state index in [2.05, 4.69) is 54.7 Å². The van der Waals surface area contributed by atoms with Crippen LogP contribution in [0.25, 0.3) is 10.8 Å². The number of fused-ring (bicyclic) bond motifs is 1. The van der Waals surface area contributed by atoms with E-state index in [1.165, 1.54) is 55.0 Å². The Hall–Kier alpha value is -1.34. The second-order valence-corrected chi connectivity index (χ2v) is 5.16. The lowest BCUT2D eigenvalue weighted by Crippen LogP contribution is -2.13. The van der Waals surface area contributed by atoms with Gasteiger partial charge in [0.2, 0.25) is 0 Å². The second-order valence-electron chi connectivity index (χ2n) is 5.16. The summed E-state index contributed by atoms with van der Waals surface area (Å²) < 4.78 is 0. The van der Waals surface area contributed by atoms with Gasteiger partial charge in [-0.1, -0.05) is 62.2 Å². The third kappa shape index (κ3) is 4.36. The van der Waals surface area contributed by atoms with Crippen molar-refractivity contribution in [1.82, 2.24) is 5.32 Å². The van der Waals surface area contributed by atoms with Gasteiger partial charge < -0.3 is 5.32 Å². The molecular weight excluding hydrogens is 230 g/mol. The maximum atomic E-state index is 3.38. The molecule has 0 saturated heterocycles. The topological polar surface area (TPSA) is 12.0 Å². The molecule has 102 valence electrons. The van der Waals surface area contributed by atoms with Crippen molar-refractivity contribution < 1.29 is 0 Å². The van der Waals surface area contributed by atoms with Crippen molar-refractivity contribution in [3.8, 4) is 0 Å². The minimum atomic E-state index is 1.09. The first-order chi connectivity index (χ1) is 9.42. The fourth-order valence-corrected chi connectivity index (χ4v) is 2.61. The number of hydrogen-bond acceptors (Lipinski definition) is 1. The average Bonchev–Trinajstić information content (AvgIpc) is 2.46. The molecule has 2 rings (SSSR count). The van der Waals surface area contributed by atoms with E-state index in [4.69, 9.17) is 0 Å². The molecule has 0 fully saturated rings. The Morgan fingerprint density at radius 1 is 0.842 bits per heavy atom. The van der Waals surface area contributed by atoms with Gasteiger partial charge in [0.15, 0.2) is 0 Å². The maximum Gasteiger partial charge on any atom is -0.00490 e. The molecule has 0 atom stereocenters. The molecule has 0 aliphatic rings. The van der Waals surface area contributed by atoms with Crippen LogP contribution in [-0.4, -0.2) is 13.1 Å². The Kier molecular flexibility index (Phi) is 5.90. The van der Waals surface area contributed by atoms with Gasteiger partial charge in [0, 0.05) is 0 Å². The molecule has 19 heavy (non-hydrogen) atoms. The number of aryl methyl sites for hydroxylation is 1. The summed E-state index contributed by atoms with van der Waals surface area (Å²) in [5.74, 6) is 0. The zero-order valence-electron chi connectivity index (χ0n) is 12.0. The van der Waals surface area contributed by atoms with Gasteiger partial charge in [-0.2, -0.15) is 0 Å². The quantitative estimate of drug-likeness (QED) is 0.682. The molecule has 0 saturated carbocycles. The van der Waals surface area contributed by atoms with Crippen LogP contribution in [-0.2, 0) is 6.42 Å². The van der Waals surface area contributed by atoms with E-state index in [1.54, 1.807) is 0 Å². The van der Waals surface area contributed by atoms with Gasteiger partial charge in [-0.15, -0.1) is 0 Å². The van der Waals surface area contributed by atoms with Crippen LogP contribution in [0.4, 0.5) is 0 Å². The number of unbranched alkanes of at least 4 members (excludes halogenated alkanes) is 3. The molecule has 1 N–H and O–H groups in total. The van der Waals surface area contributed by atoms with Crippen LogP contribution in [0.2, 0.25) is 0 Å². The van der Waals surface area contributed by atoms with Crippen LogP contribution >= 0.6 is 0 Å². The molecule has 1 heteroatoms. The summed E-state index contributed by atoms with van der Waals surface area (Å²) in [6.45, 7) is 4.43. The highest BCUT2D eigenvalue weighted by atomic mass is 14.8. The van der Waals surface area contributed by atoms with E-state index in [0.29, 0.717) is 0 Å². The van der Waals surface area contributed by atoms with Crippen molar-refractivity contribution in [2.24, 2.45) is 0 Å². The van der Waals surface area contributed by atoms with Gasteiger partial charge in [-0.25, -0.2) is 0 Å². The highest BCUT2D eigenvalue weighted by Crippen LogP contribution is 2.20. The van der Waals surface area contributed by atoms with Gasteiger partial charge in [0.1, 0.15) is 0 Å². The second kappa shape index (κ2) is 7.96. The number of hydrogen-bond donors (Lipinski definition) is 1. The first-order valence-electron chi connectivity index (χ1n) is 7.59. The molecule has 2 aromatic rings. The van der Waals surface area contributed by atoms with E-state index in [0.717, 1.165) is 6.54 Å². The molecule has 0 aliphatic heterocycles. The average molecular weight is 255 g/mol. The number of rotatable bonds is 8. The molecule has 0 bridgehead atoms. The van der Waals surface area contributed by atoms with Crippen LogP contribution < -0.4 is 5.32 Å². The van der Waals surface area contributed by atoms with Crippen LogP contribution in [0.5, 0.6) is 0 Å². The minimum Gasteiger partial charge on any atom is -0.317 e. The van der Waals surface area contributed by atoms with Crippen molar-refractivity contribution in [3.05, 3.63) is 48.0 Å². The molecule has 1 nitrogen and oxygen atoms in total. The summed E-state index contributed by atoms with van der Waals surface area (Å²) in [5.41, 5.74) is 1.50. The fraction of sp³-hybridized carbons (Fsp3) is 0.444. The molecular formula is C18H25N. The largest absolute Gasteiger partial charge is 0.317 e. The first-order valence-corrected chi connectivity index (χ1v) is 7.59. The summed E-state index contributed by atoms with van der Waals surface area (Å²) in [4.78, 5) is 0. The molecule has 0 spiro atoms. The van der Waals surface area contributed by atoms with E-state index >= 15 is 0 Å². The van der Waals surface area contributed by atoms with E-state index < -0.39 is 0 Å². The van der Waals surface area contributed by atoms with E-state index in [1.807, 2.05) is 0 Å². The lowest BCUT2D eigenvalue weighted by molar-refractivity contribution is 0.598. The van der Waals surface area contributed by atoms with Gasteiger partial charge in [-0.3, -0.25) is 0 Å². The third-order valence-electron chi connectivity index (χ3n) is 3.68. The Balaban J connectivity index is 1.78. The molecule has 2 aromatic carbocycles. The Bertz CT molecular complexity index is 485. The minimum absolute atomic E-state index is 1.09. The molecule has 0 unspecified atom stereocenters. The molecule has 0 heterocycles. The summed E-state index contributed by atoms with van der Waals surface area (Å²) >= 11 is 0. The third-order valence-corrected chi connectivity index (χ3v) is 3.68. The van der Waals surface area contributed by atoms with Crippen molar-refractivity contribution >= 4 is 10.8 Å². The standard InChI is InChI=1S/C18H25N/c1-2-19-15-8-4-3-5-10-16-12-9-13-17-11-6-7-14-18(16)17/h6-7,9,11-14,19H,2-5,8,10,15H2,1H3. The maximum absolute atomic E-state index is 3.38. The highest BCUT2D eigenvalue weighted by molar-refractivity contribution is 5.85. The first kappa shape index (κ1) is 14.1. The summed E-state index contributed by atoms with van der Waals surface area (Å²) in [5, 5.41) is 6.18. The lowest BCUT2D eigenvalue weighted by atomic mass is 9.99. The smallest absolute Gasteiger partial charge is 0.00490 e. The zero-order valence-corrected chi connectivity index (χ0v) is 12.0. The fourth-order valence-electron chi connectivity index (χ4n) is 2.61.